The van der Waals surface area contributed by atoms with Crippen LogP contribution in [0.5, 0.6) is 6.01 Å². The highest BCUT2D eigenvalue weighted by Crippen LogP contribution is 2.36. The van der Waals surface area contributed by atoms with Gasteiger partial charge in [0, 0.05) is 37.0 Å². The van der Waals surface area contributed by atoms with Gasteiger partial charge in [-0.1, -0.05) is 0 Å². The molecule has 2 aliphatic heterocycles. The molecule has 3 atom stereocenters. The summed E-state index contributed by atoms with van der Waals surface area (Å²) >= 11 is 0. The van der Waals surface area contributed by atoms with Crippen molar-refractivity contribution in [3.63, 3.8) is 0 Å². The van der Waals surface area contributed by atoms with Crippen molar-refractivity contribution in [2.24, 2.45) is 0 Å². The number of benzene rings is 1. The summed E-state index contributed by atoms with van der Waals surface area (Å²) in [5, 5.41) is 5.55. The highest BCUT2D eigenvalue weighted by Gasteiger charge is 2.35. The first-order chi connectivity index (χ1) is 18.5. The number of fused-ring (bicyclic) bond motifs is 1. The molecule has 2 saturated heterocycles. The standard InChI is InChI=1S/C28H37FN6O4/c1-17-11-19-14-30-35(25-13-24(31-26(32-25)37-6)33-9-10-38-18(2)15-33)23(19)12-21(17)20-7-8-34(16-22(20)29)27(36)39-28(3,4)5/h11-14,18,20,22H,7-10,15-16H2,1-6H3/t18-,20?,22?/m0/s1. The summed E-state index contributed by atoms with van der Waals surface area (Å²) in [6.07, 6.45) is 0.691. The molecular formula is C28H37FN6O4. The number of aryl methyl sites for hydroxylation is 1. The summed E-state index contributed by atoms with van der Waals surface area (Å²) in [6.45, 7) is 11.9. The molecule has 2 aromatic heterocycles. The van der Waals surface area contributed by atoms with E-state index in [0.29, 0.717) is 38.5 Å². The van der Waals surface area contributed by atoms with Crippen molar-refractivity contribution >= 4 is 22.8 Å². The molecule has 0 spiro atoms. The third-order valence-corrected chi connectivity index (χ3v) is 7.19. The van der Waals surface area contributed by atoms with Crippen LogP contribution in [-0.2, 0) is 9.47 Å². The van der Waals surface area contributed by atoms with Gasteiger partial charge in [-0.15, -0.1) is 0 Å². The number of rotatable bonds is 4. The maximum absolute atomic E-state index is 15.6. The van der Waals surface area contributed by atoms with Gasteiger partial charge in [-0.2, -0.15) is 15.1 Å². The quantitative estimate of drug-likeness (QED) is 0.480. The van der Waals surface area contributed by atoms with Crippen molar-refractivity contribution in [3.05, 3.63) is 35.5 Å². The van der Waals surface area contributed by atoms with Gasteiger partial charge in [-0.25, -0.2) is 13.9 Å². The van der Waals surface area contributed by atoms with Crippen molar-refractivity contribution in [3.8, 4) is 11.8 Å². The largest absolute Gasteiger partial charge is 0.467 e. The Balaban J connectivity index is 1.45. The van der Waals surface area contributed by atoms with E-state index in [2.05, 4.69) is 20.0 Å². The lowest BCUT2D eigenvalue weighted by Gasteiger charge is -2.36. The van der Waals surface area contributed by atoms with Crippen LogP contribution < -0.4 is 9.64 Å². The van der Waals surface area contributed by atoms with Crippen LogP contribution in [0.3, 0.4) is 0 Å². The average Bonchev–Trinajstić information content (AvgIpc) is 3.29. The Labute approximate surface area is 228 Å². The summed E-state index contributed by atoms with van der Waals surface area (Å²) in [7, 11) is 1.54. The molecule has 2 unspecified atom stereocenters. The molecule has 0 N–H and O–H groups in total. The van der Waals surface area contributed by atoms with Gasteiger partial charge in [0.05, 0.1) is 38.1 Å². The zero-order chi connectivity index (χ0) is 27.9. The molecule has 2 fully saturated rings. The number of hydrogen-bond donors (Lipinski definition) is 0. The molecule has 3 aromatic rings. The molecule has 0 aliphatic carbocycles. The van der Waals surface area contributed by atoms with Crippen molar-refractivity contribution in [2.45, 2.75) is 64.8 Å². The van der Waals surface area contributed by atoms with Gasteiger partial charge in [0.25, 0.3) is 0 Å². The normalized spacial score (nSPS) is 22.3. The number of piperidine rings is 1. The smallest absolute Gasteiger partial charge is 0.410 e. The second kappa shape index (κ2) is 10.6. The van der Waals surface area contributed by atoms with Crippen LogP contribution in [-0.4, -0.2) is 88.5 Å². The van der Waals surface area contributed by atoms with E-state index >= 15 is 4.39 Å². The van der Waals surface area contributed by atoms with E-state index in [0.717, 1.165) is 27.8 Å². The predicted octanol–water partition coefficient (Wildman–Crippen LogP) is 4.42. The minimum atomic E-state index is -1.21. The minimum Gasteiger partial charge on any atom is -0.467 e. The van der Waals surface area contributed by atoms with Crippen LogP contribution in [0.2, 0.25) is 0 Å². The van der Waals surface area contributed by atoms with Crippen molar-refractivity contribution in [1.82, 2.24) is 24.6 Å². The zero-order valence-corrected chi connectivity index (χ0v) is 23.5. The number of anilines is 1. The number of methoxy groups -OCH3 is 1. The summed E-state index contributed by atoms with van der Waals surface area (Å²) in [5.74, 6) is 0.959. The van der Waals surface area contributed by atoms with E-state index in [1.165, 1.54) is 4.90 Å². The Bertz CT molecular complexity index is 1360. The lowest BCUT2D eigenvalue weighted by atomic mass is 9.85. The molecule has 0 radical (unpaired) electrons. The van der Waals surface area contributed by atoms with Gasteiger partial charge in [0.15, 0.2) is 5.82 Å². The van der Waals surface area contributed by atoms with Crippen molar-refractivity contribution in [1.29, 1.82) is 0 Å². The van der Waals surface area contributed by atoms with Crippen LogP contribution in [0.15, 0.2) is 24.4 Å². The van der Waals surface area contributed by atoms with E-state index in [1.807, 2.05) is 52.8 Å². The Kier molecular flexibility index (Phi) is 7.37. The summed E-state index contributed by atoms with van der Waals surface area (Å²) in [5.41, 5.74) is 2.09. The molecule has 4 heterocycles. The molecule has 5 rings (SSSR count). The number of ether oxygens (including phenoxy) is 3. The van der Waals surface area contributed by atoms with Crippen LogP contribution >= 0.6 is 0 Å². The molecule has 210 valence electrons. The fourth-order valence-corrected chi connectivity index (χ4v) is 5.32. The third kappa shape index (κ3) is 5.78. The Morgan fingerprint density at radius 3 is 2.59 bits per heavy atom. The van der Waals surface area contributed by atoms with Crippen LogP contribution in [0.4, 0.5) is 15.0 Å². The number of carbonyl (C=O) groups is 1. The second-order valence-electron chi connectivity index (χ2n) is 11.4. The molecule has 39 heavy (non-hydrogen) atoms. The second-order valence-corrected chi connectivity index (χ2v) is 11.4. The molecule has 10 nitrogen and oxygen atoms in total. The summed E-state index contributed by atoms with van der Waals surface area (Å²) in [6, 6.07) is 6.17. The van der Waals surface area contributed by atoms with Gasteiger partial charge < -0.3 is 24.0 Å². The molecule has 1 aromatic carbocycles. The number of halogens is 1. The lowest BCUT2D eigenvalue weighted by Crippen LogP contribution is -2.46. The first-order valence-electron chi connectivity index (χ1n) is 13.4. The summed E-state index contributed by atoms with van der Waals surface area (Å²) < 4.78 is 33.9. The van der Waals surface area contributed by atoms with Gasteiger partial charge >= 0.3 is 12.1 Å². The van der Waals surface area contributed by atoms with E-state index in [-0.39, 0.29) is 24.6 Å². The molecule has 0 saturated carbocycles. The Morgan fingerprint density at radius 2 is 1.90 bits per heavy atom. The van der Waals surface area contributed by atoms with Crippen LogP contribution in [0.1, 0.15) is 51.2 Å². The molecule has 2 aliphatic rings. The van der Waals surface area contributed by atoms with Gasteiger partial charge in [0.2, 0.25) is 0 Å². The SMILES string of the molecule is COc1nc(N2CCO[C@@H](C)C2)cc(-n2ncc3cc(C)c(C4CCN(C(=O)OC(C)(C)C)CC4F)cc32)n1. The maximum Gasteiger partial charge on any atom is 0.410 e. The van der Waals surface area contributed by atoms with Crippen LogP contribution in [0.25, 0.3) is 16.7 Å². The first-order valence-corrected chi connectivity index (χ1v) is 13.4. The number of carbonyl (C=O) groups excluding carboxylic acids is 1. The van der Waals surface area contributed by atoms with E-state index < -0.39 is 17.9 Å². The van der Waals surface area contributed by atoms with Crippen molar-refractivity contribution in [2.75, 3.05) is 44.8 Å². The van der Waals surface area contributed by atoms with E-state index in [1.54, 1.807) is 18.0 Å². The third-order valence-electron chi connectivity index (χ3n) is 7.19. The predicted molar refractivity (Wildman–Crippen MR) is 146 cm³/mol. The van der Waals surface area contributed by atoms with Gasteiger partial charge in [-0.3, -0.25) is 0 Å². The fraction of sp³-hybridized carbons (Fsp3) is 0.571. The monoisotopic (exact) mass is 540 g/mol. The van der Waals surface area contributed by atoms with Gasteiger partial charge in [0.1, 0.15) is 17.6 Å². The summed E-state index contributed by atoms with van der Waals surface area (Å²) in [4.78, 5) is 25.3. The molecule has 11 heteroatoms. The Hall–Kier alpha value is -3.47. The molecule has 1 amide bonds. The highest BCUT2D eigenvalue weighted by atomic mass is 19.1. The van der Waals surface area contributed by atoms with Crippen molar-refractivity contribution < 1.29 is 23.4 Å². The zero-order valence-electron chi connectivity index (χ0n) is 23.5. The maximum atomic E-state index is 15.6. The Morgan fingerprint density at radius 1 is 1.13 bits per heavy atom. The topological polar surface area (TPSA) is 94.8 Å². The molecular weight excluding hydrogens is 503 g/mol. The van der Waals surface area contributed by atoms with Gasteiger partial charge in [-0.05, 0) is 64.3 Å². The first kappa shape index (κ1) is 27.1. The van der Waals surface area contributed by atoms with E-state index in [4.69, 9.17) is 14.2 Å². The average molecular weight is 541 g/mol. The highest BCUT2D eigenvalue weighted by molar-refractivity contribution is 5.82. The van der Waals surface area contributed by atoms with Crippen LogP contribution in [0, 0.1) is 6.92 Å². The number of amides is 1. The number of alkyl halides is 1. The number of nitrogens with zero attached hydrogens (tertiary/aromatic N) is 6. The van der Waals surface area contributed by atoms with E-state index in [9.17, 15) is 4.79 Å². The fourth-order valence-electron chi connectivity index (χ4n) is 5.32. The minimum absolute atomic E-state index is 0.000754. The molecule has 0 bridgehead atoms. The number of aromatic nitrogens is 4. The number of hydrogen-bond acceptors (Lipinski definition) is 8. The lowest BCUT2D eigenvalue weighted by molar-refractivity contribution is 0.0111. The number of likely N-dealkylation sites (tertiary alicyclic amines) is 1. The number of morpholine rings is 1.